The Morgan fingerprint density at radius 1 is 0.683 bits per heavy atom. The summed E-state index contributed by atoms with van der Waals surface area (Å²) in [6.07, 6.45) is -9.88. The first kappa shape index (κ1) is 29.8. The van der Waals surface area contributed by atoms with Gasteiger partial charge in [0.25, 0.3) is 5.91 Å². The Bertz CT molecular complexity index is 1410. The average Bonchev–Trinajstić information content (AvgIpc) is 2.90. The molecule has 0 spiro atoms. The molecule has 0 atom stereocenters. The van der Waals surface area contributed by atoms with Gasteiger partial charge in [-0.25, -0.2) is 0 Å². The van der Waals surface area contributed by atoms with Crippen LogP contribution in [0.3, 0.4) is 0 Å². The molecule has 0 radical (unpaired) electrons. The number of nitrogens with one attached hydrogen (secondary N) is 1. The molecule has 0 aliphatic carbocycles. The summed E-state index contributed by atoms with van der Waals surface area (Å²) < 4.78 is 86.9. The summed E-state index contributed by atoms with van der Waals surface area (Å²) in [5.41, 5.74) is 0.0931. The van der Waals surface area contributed by atoms with Crippen LogP contribution in [0.1, 0.15) is 27.0 Å². The SMILES string of the molecule is O=C(NCC(Cc1ccccc1)(c1cccc(OC(F)(F)F)c1)c1cccc(OC(F)(F)F)c1)c1ccc(Cl)cc1. The largest absolute Gasteiger partial charge is 0.573 e. The van der Waals surface area contributed by atoms with Gasteiger partial charge >= 0.3 is 12.7 Å². The zero-order chi connectivity index (χ0) is 29.7. The first-order valence-electron chi connectivity index (χ1n) is 12.1. The molecule has 0 saturated heterocycles. The van der Waals surface area contributed by atoms with Gasteiger partial charge in [0.2, 0.25) is 0 Å². The quantitative estimate of drug-likeness (QED) is 0.200. The molecule has 0 bridgehead atoms. The number of carbonyl (C=O) groups excluding carboxylic acids is 1. The van der Waals surface area contributed by atoms with Crippen LogP contribution in [0, 0.1) is 0 Å². The van der Waals surface area contributed by atoms with E-state index < -0.39 is 35.5 Å². The van der Waals surface area contributed by atoms with Gasteiger partial charge in [-0.2, -0.15) is 0 Å². The van der Waals surface area contributed by atoms with E-state index in [1.807, 2.05) is 0 Å². The molecular weight excluding hydrogens is 572 g/mol. The van der Waals surface area contributed by atoms with E-state index in [0.29, 0.717) is 10.6 Å². The minimum Gasteiger partial charge on any atom is -0.406 e. The fraction of sp³-hybridized carbons (Fsp3) is 0.167. The van der Waals surface area contributed by atoms with Gasteiger partial charge in [0, 0.05) is 22.5 Å². The molecule has 0 aliphatic rings. The van der Waals surface area contributed by atoms with Crippen molar-refractivity contribution in [2.45, 2.75) is 24.6 Å². The Hall–Kier alpha value is -4.18. The predicted molar refractivity (Wildman–Crippen MR) is 141 cm³/mol. The molecule has 214 valence electrons. The number of ether oxygens (including phenoxy) is 2. The van der Waals surface area contributed by atoms with Gasteiger partial charge < -0.3 is 14.8 Å². The van der Waals surface area contributed by atoms with Crippen LogP contribution in [0.25, 0.3) is 0 Å². The maximum Gasteiger partial charge on any atom is 0.573 e. The molecule has 41 heavy (non-hydrogen) atoms. The molecule has 0 saturated carbocycles. The maximum atomic E-state index is 13.1. The first-order valence-corrected chi connectivity index (χ1v) is 12.5. The van der Waals surface area contributed by atoms with Crippen LogP contribution in [0.2, 0.25) is 5.02 Å². The fourth-order valence-corrected chi connectivity index (χ4v) is 4.62. The summed E-state index contributed by atoms with van der Waals surface area (Å²) in [6, 6.07) is 25.1. The molecule has 4 aromatic rings. The van der Waals surface area contributed by atoms with Crippen molar-refractivity contribution < 1.29 is 40.6 Å². The summed E-state index contributed by atoms with van der Waals surface area (Å²) in [5.74, 6) is -1.58. The third-order valence-electron chi connectivity index (χ3n) is 6.25. The van der Waals surface area contributed by atoms with Crippen molar-refractivity contribution in [1.29, 1.82) is 0 Å². The zero-order valence-electron chi connectivity index (χ0n) is 21.1. The highest BCUT2D eigenvalue weighted by molar-refractivity contribution is 6.30. The Labute approximate surface area is 236 Å². The van der Waals surface area contributed by atoms with E-state index >= 15 is 0 Å². The highest BCUT2D eigenvalue weighted by Gasteiger charge is 2.38. The molecule has 1 amide bonds. The number of carbonyl (C=O) groups is 1. The van der Waals surface area contributed by atoms with Crippen LogP contribution in [-0.2, 0) is 11.8 Å². The van der Waals surface area contributed by atoms with E-state index in [9.17, 15) is 31.1 Å². The second-order valence-electron chi connectivity index (χ2n) is 9.09. The molecule has 4 aromatic carbocycles. The van der Waals surface area contributed by atoms with Crippen molar-refractivity contribution in [1.82, 2.24) is 5.32 Å². The van der Waals surface area contributed by atoms with Crippen molar-refractivity contribution in [3.05, 3.63) is 130 Å². The number of hydrogen-bond donors (Lipinski definition) is 1. The fourth-order valence-electron chi connectivity index (χ4n) is 4.50. The lowest BCUT2D eigenvalue weighted by molar-refractivity contribution is -0.275. The van der Waals surface area contributed by atoms with Crippen LogP contribution >= 0.6 is 11.6 Å². The summed E-state index contributed by atoms with van der Waals surface area (Å²) in [6.45, 7) is -0.214. The lowest BCUT2D eigenvalue weighted by Gasteiger charge is -2.36. The van der Waals surface area contributed by atoms with E-state index in [1.54, 1.807) is 30.3 Å². The van der Waals surface area contributed by atoms with Crippen LogP contribution < -0.4 is 14.8 Å². The number of halogens is 7. The standard InChI is InChI=1S/C30H22ClF6NO3/c31-24-14-12-21(13-15-24)27(39)38-19-28(18-20-6-2-1-3-7-20,22-8-4-10-25(16-22)40-29(32,33)34)23-9-5-11-26(17-23)41-30(35,36)37/h1-17H,18-19H2,(H,38,39). The smallest absolute Gasteiger partial charge is 0.406 e. The number of alkyl halides is 6. The van der Waals surface area contributed by atoms with Gasteiger partial charge in [0.15, 0.2) is 0 Å². The second-order valence-corrected chi connectivity index (χ2v) is 9.52. The average molecular weight is 594 g/mol. The van der Waals surface area contributed by atoms with Crippen molar-refractivity contribution in [2.75, 3.05) is 6.54 Å². The van der Waals surface area contributed by atoms with Crippen molar-refractivity contribution >= 4 is 17.5 Å². The van der Waals surface area contributed by atoms with Gasteiger partial charge in [-0.1, -0.05) is 66.2 Å². The minimum atomic E-state index is -4.98. The van der Waals surface area contributed by atoms with Gasteiger partial charge in [0.05, 0.1) is 0 Å². The van der Waals surface area contributed by atoms with Crippen molar-refractivity contribution in [3.8, 4) is 11.5 Å². The highest BCUT2D eigenvalue weighted by Crippen LogP contribution is 2.40. The molecule has 0 unspecified atom stereocenters. The second kappa shape index (κ2) is 12.1. The molecule has 11 heteroatoms. The Morgan fingerprint density at radius 3 is 1.68 bits per heavy atom. The third-order valence-corrected chi connectivity index (χ3v) is 6.50. The van der Waals surface area contributed by atoms with E-state index in [4.69, 9.17) is 11.6 Å². The molecule has 0 fully saturated rings. The molecule has 0 heterocycles. The van der Waals surface area contributed by atoms with Crippen molar-refractivity contribution in [3.63, 3.8) is 0 Å². The van der Waals surface area contributed by atoms with Gasteiger partial charge in [0.1, 0.15) is 11.5 Å². The van der Waals surface area contributed by atoms with E-state index in [1.165, 1.54) is 48.5 Å². The number of benzene rings is 4. The monoisotopic (exact) mass is 593 g/mol. The Morgan fingerprint density at radius 2 is 1.20 bits per heavy atom. The van der Waals surface area contributed by atoms with Crippen LogP contribution in [0.4, 0.5) is 26.3 Å². The van der Waals surface area contributed by atoms with Gasteiger partial charge in [-0.3, -0.25) is 4.79 Å². The molecule has 4 nitrogen and oxygen atoms in total. The summed E-state index contributed by atoms with van der Waals surface area (Å²) >= 11 is 5.92. The number of hydrogen-bond acceptors (Lipinski definition) is 3. The first-order chi connectivity index (χ1) is 19.3. The third kappa shape index (κ3) is 8.17. The highest BCUT2D eigenvalue weighted by atomic mass is 35.5. The topological polar surface area (TPSA) is 47.6 Å². The molecule has 4 rings (SSSR count). The predicted octanol–water partition coefficient (Wildman–Crippen LogP) is 8.10. The summed E-state index contributed by atoms with van der Waals surface area (Å²) in [4.78, 5) is 13.1. The zero-order valence-corrected chi connectivity index (χ0v) is 21.9. The van der Waals surface area contributed by atoms with Crippen LogP contribution in [0.15, 0.2) is 103 Å². The van der Waals surface area contributed by atoms with E-state index in [-0.39, 0.29) is 29.7 Å². The Kier molecular flexibility index (Phi) is 8.82. The molecule has 0 aliphatic heterocycles. The normalized spacial score (nSPS) is 12.1. The van der Waals surface area contributed by atoms with E-state index in [0.717, 1.165) is 24.3 Å². The summed E-state index contributed by atoms with van der Waals surface area (Å²) in [5, 5.41) is 3.21. The molecule has 1 N–H and O–H groups in total. The minimum absolute atomic E-state index is 0.0830. The summed E-state index contributed by atoms with van der Waals surface area (Å²) in [7, 11) is 0. The number of rotatable bonds is 9. The molecular formula is C30H22ClF6NO3. The van der Waals surface area contributed by atoms with Gasteiger partial charge in [-0.05, 0) is 71.6 Å². The van der Waals surface area contributed by atoms with Gasteiger partial charge in [-0.15, -0.1) is 26.3 Å². The van der Waals surface area contributed by atoms with Crippen LogP contribution in [-0.4, -0.2) is 25.2 Å². The number of amides is 1. The lowest BCUT2D eigenvalue weighted by Crippen LogP contribution is -2.43. The van der Waals surface area contributed by atoms with Crippen molar-refractivity contribution in [2.24, 2.45) is 0 Å². The van der Waals surface area contributed by atoms with Crippen LogP contribution in [0.5, 0.6) is 11.5 Å². The lowest BCUT2D eigenvalue weighted by atomic mass is 9.70. The molecule has 0 aromatic heterocycles. The Balaban J connectivity index is 1.87. The maximum absolute atomic E-state index is 13.1. The van der Waals surface area contributed by atoms with E-state index in [2.05, 4.69) is 14.8 Å².